The number of aryl methyl sites for hydroxylation is 2. The number of hydrogen-bond acceptors (Lipinski definition) is 5. The van der Waals surface area contributed by atoms with Crippen LogP contribution in [-0.4, -0.2) is 63.8 Å². The smallest absolute Gasteiger partial charge is 0.475 e. The first-order valence-electron chi connectivity index (χ1n) is 10.4. The van der Waals surface area contributed by atoms with Gasteiger partial charge in [0, 0.05) is 51.7 Å². The monoisotopic (exact) mass is 493 g/mol. The van der Waals surface area contributed by atoms with E-state index in [1.165, 1.54) is 11.4 Å². The van der Waals surface area contributed by atoms with Crippen molar-refractivity contribution in [2.24, 2.45) is 13.0 Å². The number of aliphatic carboxylic acids is 1. The molecule has 0 spiro atoms. The summed E-state index contributed by atoms with van der Waals surface area (Å²) in [6, 6.07) is 6.39. The molecule has 0 amide bonds. The van der Waals surface area contributed by atoms with Crippen LogP contribution in [-0.2, 0) is 41.5 Å². The molecule has 3 rings (SSSR count). The molecule has 33 heavy (non-hydrogen) atoms. The molecule has 2 aromatic rings. The van der Waals surface area contributed by atoms with Gasteiger partial charge in [-0.3, -0.25) is 9.58 Å². The lowest BCUT2D eigenvalue weighted by Crippen LogP contribution is -2.32. The van der Waals surface area contributed by atoms with Crippen molar-refractivity contribution in [3.05, 3.63) is 41.5 Å². The van der Waals surface area contributed by atoms with E-state index in [0.29, 0.717) is 12.5 Å². The zero-order valence-corrected chi connectivity index (χ0v) is 19.7. The third-order valence-corrected chi connectivity index (χ3v) is 6.67. The molecule has 0 aromatic carbocycles. The highest BCUT2D eigenvalue weighted by atomic mass is 32.2. The maximum Gasteiger partial charge on any atom is 0.490 e. The van der Waals surface area contributed by atoms with E-state index < -0.39 is 22.2 Å². The average Bonchev–Trinajstić information content (AvgIpc) is 3.21. The molecule has 1 aliphatic heterocycles. The van der Waals surface area contributed by atoms with Gasteiger partial charge in [0.2, 0.25) is 10.0 Å². The highest BCUT2D eigenvalue weighted by Gasteiger charge is 2.38. The van der Waals surface area contributed by atoms with E-state index >= 15 is 0 Å². The third kappa shape index (κ3) is 8.48. The summed E-state index contributed by atoms with van der Waals surface area (Å²) in [7, 11) is -1.14. The Balaban J connectivity index is 0.000000479. The maximum absolute atomic E-state index is 11.7. The summed E-state index contributed by atoms with van der Waals surface area (Å²) in [5, 5.41) is 11.6. The van der Waals surface area contributed by atoms with E-state index in [-0.39, 0.29) is 5.75 Å². The van der Waals surface area contributed by atoms with Gasteiger partial charge < -0.3 is 9.67 Å². The molecular formula is C20H30F3N5O4S. The minimum Gasteiger partial charge on any atom is -0.475 e. The Morgan fingerprint density at radius 3 is 2.55 bits per heavy atom. The minimum atomic E-state index is -5.08. The predicted molar refractivity (Wildman–Crippen MR) is 116 cm³/mol. The van der Waals surface area contributed by atoms with Crippen LogP contribution in [0.2, 0.25) is 0 Å². The number of sulfonamides is 1. The molecule has 0 radical (unpaired) electrons. The van der Waals surface area contributed by atoms with E-state index in [1.54, 1.807) is 6.92 Å². The molecule has 1 aliphatic rings. The molecule has 9 nitrogen and oxygen atoms in total. The number of rotatable bonds is 7. The van der Waals surface area contributed by atoms with Gasteiger partial charge in [0.1, 0.15) is 0 Å². The summed E-state index contributed by atoms with van der Waals surface area (Å²) in [4.78, 5) is 11.3. The number of carbonyl (C=O) groups is 1. The molecule has 13 heteroatoms. The molecule has 0 fully saturated rings. The van der Waals surface area contributed by atoms with Crippen LogP contribution >= 0.6 is 0 Å². The highest BCUT2D eigenvalue weighted by molar-refractivity contribution is 7.89. The molecule has 0 saturated heterocycles. The summed E-state index contributed by atoms with van der Waals surface area (Å²) in [6.45, 7) is 7.79. The number of nitrogens with zero attached hydrogens (tertiary/aromatic N) is 4. The fourth-order valence-corrected chi connectivity index (χ4v) is 4.26. The van der Waals surface area contributed by atoms with Gasteiger partial charge in [-0.25, -0.2) is 17.9 Å². The lowest BCUT2D eigenvalue weighted by molar-refractivity contribution is -0.192. The second kappa shape index (κ2) is 11.2. The Kier molecular flexibility index (Phi) is 9.09. The molecule has 2 N–H and O–H groups in total. The van der Waals surface area contributed by atoms with Gasteiger partial charge in [-0.05, 0) is 44.4 Å². The second-order valence-corrected chi connectivity index (χ2v) is 10.1. The minimum absolute atomic E-state index is 0.130. The predicted octanol–water partition coefficient (Wildman–Crippen LogP) is 2.12. The quantitative estimate of drug-likeness (QED) is 0.612. The SMILES string of the molecule is CCS(=O)(=O)NCCC1CN(Cc2cc(C)nn2C)Cc2cccn2C1.O=C(O)C(F)(F)F. The summed E-state index contributed by atoms with van der Waals surface area (Å²) in [5.41, 5.74) is 3.54. The summed E-state index contributed by atoms with van der Waals surface area (Å²) < 4.78 is 62.0. The number of carboxylic acids is 1. The van der Waals surface area contributed by atoms with Crippen LogP contribution in [0.15, 0.2) is 24.4 Å². The highest BCUT2D eigenvalue weighted by Crippen LogP contribution is 2.21. The first kappa shape index (κ1) is 26.9. The fourth-order valence-electron chi connectivity index (χ4n) is 3.63. The van der Waals surface area contributed by atoms with Crippen molar-refractivity contribution in [1.29, 1.82) is 0 Å². The number of aromatic nitrogens is 3. The van der Waals surface area contributed by atoms with Gasteiger partial charge in [0.05, 0.1) is 17.1 Å². The zero-order valence-electron chi connectivity index (χ0n) is 18.8. The molecule has 0 aliphatic carbocycles. The van der Waals surface area contributed by atoms with Crippen molar-refractivity contribution in [2.45, 2.75) is 46.1 Å². The lowest BCUT2D eigenvalue weighted by atomic mass is 10.1. The van der Waals surface area contributed by atoms with Crippen LogP contribution in [0.25, 0.3) is 0 Å². The topological polar surface area (TPSA) is 109 Å². The van der Waals surface area contributed by atoms with Crippen molar-refractivity contribution < 1.29 is 31.5 Å². The van der Waals surface area contributed by atoms with E-state index in [2.05, 4.69) is 43.7 Å². The Morgan fingerprint density at radius 2 is 2.00 bits per heavy atom. The van der Waals surface area contributed by atoms with E-state index in [4.69, 9.17) is 9.90 Å². The lowest BCUT2D eigenvalue weighted by Gasteiger charge is -2.24. The van der Waals surface area contributed by atoms with Gasteiger partial charge >= 0.3 is 12.1 Å². The Hall–Kier alpha value is -2.38. The van der Waals surface area contributed by atoms with Gasteiger partial charge in [-0.15, -0.1) is 0 Å². The van der Waals surface area contributed by atoms with E-state index in [9.17, 15) is 21.6 Å². The van der Waals surface area contributed by atoms with Crippen LogP contribution < -0.4 is 4.72 Å². The van der Waals surface area contributed by atoms with Crippen molar-refractivity contribution in [3.8, 4) is 0 Å². The van der Waals surface area contributed by atoms with Crippen molar-refractivity contribution in [3.63, 3.8) is 0 Å². The molecular weight excluding hydrogens is 463 g/mol. The number of halogens is 3. The molecule has 1 atom stereocenters. The van der Waals surface area contributed by atoms with Crippen LogP contribution in [0.3, 0.4) is 0 Å². The molecule has 1 unspecified atom stereocenters. The maximum atomic E-state index is 11.7. The summed E-state index contributed by atoms with van der Waals surface area (Å²) in [6.07, 6.45) is -2.13. The molecule has 186 valence electrons. The number of fused-ring (bicyclic) bond motifs is 1. The normalized spacial score (nSPS) is 17.1. The number of carboxylic acid groups (broad SMARTS) is 1. The fraction of sp³-hybridized carbons (Fsp3) is 0.600. The van der Waals surface area contributed by atoms with Crippen LogP contribution in [0.4, 0.5) is 13.2 Å². The van der Waals surface area contributed by atoms with Crippen molar-refractivity contribution in [1.82, 2.24) is 24.0 Å². The molecule has 3 heterocycles. The van der Waals surface area contributed by atoms with Crippen LogP contribution in [0.5, 0.6) is 0 Å². The Labute approximate surface area is 191 Å². The largest absolute Gasteiger partial charge is 0.490 e. The third-order valence-electron chi connectivity index (χ3n) is 5.26. The number of hydrogen-bond donors (Lipinski definition) is 2. The van der Waals surface area contributed by atoms with Gasteiger partial charge in [-0.2, -0.15) is 18.3 Å². The Morgan fingerprint density at radius 1 is 1.33 bits per heavy atom. The molecule has 0 bridgehead atoms. The first-order valence-corrected chi connectivity index (χ1v) is 12.1. The summed E-state index contributed by atoms with van der Waals surface area (Å²) >= 11 is 0. The average molecular weight is 494 g/mol. The van der Waals surface area contributed by atoms with Gasteiger partial charge in [0.15, 0.2) is 0 Å². The van der Waals surface area contributed by atoms with E-state index in [1.807, 2.05) is 18.7 Å². The standard InChI is InChI=1S/C18H29N5O2S.C2HF3O2/c1-4-26(24,25)19-8-7-16-11-22(13-17-6-5-9-23(17)12-16)14-18-10-15(2)20-21(18)3;3-2(4,5)1(6)7/h5-6,9-10,16,19H,4,7-8,11-14H2,1-3H3;(H,6,7). The molecule has 2 aromatic heterocycles. The van der Waals surface area contributed by atoms with Gasteiger partial charge in [0.25, 0.3) is 0 Å². The van der Waals surface area contributed by atoms with Gasteiger partial charge in [-0.1, -0.05) is 0 Å². The van der Waals surface area contributed by atoms with Crippen LogP contribution in [0.1, 0.15) is 30.4 Å². The van der Waals surface area contributed by atoms with E-state index in [0.717, 1.165) is 38.3 Å². The number of nitrogens with one attached hydrogen (secondary N) is 1. The van der Waals surface area contributed by atoms with Crippen LogP contribution in [0, 0.1) is 12.8 Å². The zero-order chi connectivity index (χ0) is 24.8. The van der Waals surface area contributed by atoms with Crippen molar-refractivity contribution >= 4 is 16.0 Å². The summed E-state index contributed by atoms with van der Waals surface area (Å²) in [5.74, 6) is -2.23. The molecule has 0 saturated carbocycles. The Bertz CT molecular complexity index is 1030. The number of alkyl halides is 3. The van der Waals surface area contributed by atoms with Crippen molar-refractivity contribution in [2.75, 3.05) is 18.8 Å². The first-order chi connectivity index (χ1) is 15.3. The second-order valence-electron chi connectivity index (χ2n) is 7.98.